The number of H-pyrrole nitrogens is 1. The van der Waals surface area contributed by atoms with Crippen molar-refractivity contribution in [2.45, 2.75) is 39.2 Å². The van der Waals surface area contributed by atoms with Gasteiger partial charge in [-0.2, -0.15) is 9.97 Å². The molecule has 148 valence electrons. The number of nitrogen functional groups attached to an aromatic ring is 1. The van der Waals surface area contributed by atoms with Crippen LogP contribution in [0.15, 0.2) is 29.1 Å². The Kier molecular flexibility index (Phi) is 5.93. The summed E-state index contributed by atoms with van der Waals surface area (Å²) in [6.07, 6.45) is 2.32. The van der Waals surface area contributed by atoms with Crippen LogP contribution in [0.25, 0.3) is 11.2 Å². The molecule has 0 amide bonds. The molecular formula is C19H23N5O4. The van der Waals surface area contributed by atoms with E-state index in [2.05, 4.69) is 21.9 Å². The van der Waals surface area contributed by atoms with Gasteiger partial charge in [-0.3, -0.25) is 9.36 Å². The molecule has 0 fully saturated rings. The summed E-state index contributed by atoms with van der Waals surface area (Å²) >= 11 is 0. The Morgan fingerprint density at radius 3 is 2.86 bits per heavy atom. The van der Waals surface area contributed by atoms with Crippen molar-refractivity contribution in [2.24, 2.45) is 0 Å². The molecule has 9 heteroatoms. The van der Waals surface area contributed by atoms with Gasteiger partial charge in [0, 0.05) is 6.42 Å². The van der Waals surface area contributed by atoms with Gasteiger partial charge in [-0.05, 0) is 24.0 Å². The van der Waals surface area contributed by atoms with Crippen molar-refractivity contribution in [2.75, 3.05) is 12.3 Å². The van der Waals surface area contributed by atoms with Gasteiger partial charge >= 0.3 is 17.7 Å². The quantitative estimate of drug-likeness (QED) is 0.479. The van der Waals surface area contributed by atoms with Crippen LogP contribution in [-0.4, -0.2) is 37.2 Å². The molecule has 4 N–H and O–H groups in total. The Labute approximate surface area is 161 Å². The number of carboxylic acids is 1. The number of unbranched alkanes of at least 4 members (excludes halogenated alkanes) is 1. The molecule has 0 saturated heterocycles. The number of hydrogen-bond donors (Lipinski definition) is 3. The molecule has 3 aromatic rings. The molecule has 0 aliphatic carbocycles. The van der Waals surface area contributed by atoms with Crippen LogP contribution in [0.3, 0.4) is 0 Å². The van der Waals surface area contributed by atoms with Crippen molar-refractivity contribution in [3.05, 3.63) is 45.9 Å². The first kappa shape index (κ1) is 19.4. The van der Waals surface area contributed by atoms with Crippen molar-refractivity contribution in [1.29, 1.82) is 0 Å². The van der Waals surface area contributed by atoms with Gasteiger partial charge in [-0.25, -0.2) is 4.79 Å². The molecule has 0 aliphatic heterocycles. The van der Waals surface area contributed by atoms with Gasteiger partial charge in [0.25, 0.3) is 0 Å². The van der Waals surface area contributed by atoms with E-state index < -0.39 is 5.97 Å². The van der Waals surface area contributed by atoms with Crippen molar-refractivity contribution in [3.8, 4) is 6.01 Å². The van der Waals surface area contributed by atoms with Gasteiger partial charge in [0.15, 0.2) is 11.5 Å². The summed E-state index contributed by atoms with van der Waals surface area (Å²) in [6.45, 7) is 2.79. The second-order valence-electron chi connectivity index (χ2n) is 6.52. The van der Waals surface area contributed by atoms with E-state index in [9.17, 15) is 9.59 Å². The van der Waals surface area contributed by atoms with Crippen molar-refractivity contribution >= 4 is 23.0 Å². The Morgan fingerprint density at radius 2 is 2.11 bits per heavy atom. The van der Waals surface area contributed by atoms with Crippen LogP contribution in [0.4, 0.5) is 5.82 Å². The number of aryl methyl sites for hydroxylation is 1. The third kappa shape index (κ3) is 4.48. The zero-order valence-corrected chi connectivity index (χ0v) is 15.6. The molecule has 0 bridgehead atoms. The minimum absolute atomic E-state index is 0.0543. The number of imidazole rings is 1. The smallest absolute Gasteiger partial charge is 0.328 e. The number of benzene rings is 1. The summed E-state index contributed by atoms with van der Waals surface area (Å²) in [5, 5.41) is 8.85. The normalized spacial score (nSPS) is 11.0. The Bertz CT molecular complexity index is 1040. The highest BCUT2D eigenvalue weighted by Gasteiger charge is 2.15. The number of rotatable bonds is 9. The number of anilines is 1. The fourth-order valence-corrected chi connectivity index (χ4v) is 2.87. The first-order valence-corrected chi connectivity index (χ1v) is 9.16. The average Bonchev–Trinajstić information content (AvgIpc) is 2.97. The van der Waals surface area contributed by atoms with E-state index in [0.29, 0.717) is 24.2 Å². The molecule has 2 aromatic heterocycles. The lowest BCUT2D eigenvalue weighted by Gasteiger charge is -2.08. The first-order valence-electron chi connectivity index (χ1n) is 9.16. The number of ether oxygens (including phenoxy) is 1. The summed E-state index contributed by atoms with van der Waals surface area (Å²) in [4.78, 5) is 34.3. The maximum atomic E-state index is 12.4. The van der Waals surface area contributed by atoms with Crippen LogP contribution >= 0.6 is 0 Å². The second-order valence-corrected chi connectivity index (χ2v) is 6.52. The zero-order valence-electron chi connectivity index (χ0n) is 15.6. The summed E-state index contributed by atoms with van der Waals surface area (Å²) in [5.41, 5.74) is 8.11. The number of carbonyl (C=O) groups is 1. The van der Waals surface area contributed by atoms with E-state index in [0.717, 1.165) is 24.0 Å². The van der Waals surface area contributed by atoms with Crippen LogP contribution in [0.2, 0.25) is 0 Å². The molecule has 1 aromatic carbocycles. The van der Waals surface area contributed by atoms with Gasteiger partial charge in [0.05, 0.1) is 13.2 Å². The fourth-order valence-electron chi connectivity index (χ4n) is 2.87. The van der Waals surface area contributed by atoms with Crippen molar-refractivity contribution in [3.63, 3.8) is 0 Å². The molecule has 0 aliphatic rings. The number of aromatic amines is 1. The third-order valence-electron chi connectivity index (χ3n) is 4.32. The van der Waals surface area contributed by atoms with E-state index in [1.807, 2.05) is 24.3 Å². The number of aliphatic carboxylic acids is 1. The topological polar surface area (TPSA) is 136 Å². The molecule has 2 heterocycles. The number of carboxylic acid groups (broad SMARTS) is 1. The summed E-state index contributed by atoms with van der Waals surface area (Å²) in [7, 11) is 0. The lowest BCUT2D eigenvalue weighted by atomic mass is 10.1. The predicted octanol–water partition coefficient (Wildman–Crippen LogP) is 1.95. The number of hydrogen-bond acceptors (Lipinski definition) is 6. The Balaban J connectivity index is 1.90. The summed E-state index contributed by atoms with van der Waals surface area (Å²) in [5.74, 6) is -0.691. The molecular weight excluding hydrogens is 362 g/mol. The largest absolute Gasteiger partial charge is 0.481 e. The fraction of sp³-hybridized carbons (Fsp3) is 0.368. The molecule has 0 saturated carbocycles. The van der Waals surface area contributed by atoms with Gasteiger partial charge in [-0.15, -0.1) is 0 Å². The molecule has 28 heavy (non-hydrogen) atoms. The SMILES string of the molecule is CCCCOc1nc(N)c2[nH]c(=O)n(Cc3cccc(CCC(=O)O)c3)c2n1. The van der Waals surface area contributed by atoms with Crippen LogP contribution < -0.4 is 16.2 Å². The molecule has 0 atom stereocenters. The Hall–Kier alpha value is -3.36. The van der Waals surface area contributed by atoms with Crippen LogP contribution in [0, 0.1) is 0 Å². The lowest BCUT2D eigenvalue weighted by Crippen LogP contribution is -2.18. The van der Waals surface area contributed by atoms with Gasteiger partial charge in [0.1, 0.15) is 5.52 Å². The highest BCUT2D eigenvalue weighted by atomic mass is 16.5. The number of aromatic nitrogens is 4. The minimum Gasteiger partial charge on any atom is -0.481 e. The minimum atomic E-state index is -0.846. The third-order valence-corrected chi connectivity index (χ3v) is 4.32. The van der Waals surface area contributed by atoms with E-state index in [4.69, 9.17) is 15.6 Å². The highest BCUT2D eigenvalue weighted by Crippen LogP contribution is 2.19. The van der Waals surface area contributed by atoms with Gasteiger partial charge in [-0.1, -0.05) is 37.6 Å². The molecule has 0 spiro atoms. The van der Waals surface area contributed by atoms with Crippen molar-refractivity contribution < 1.29 is 14.6 Å². The second kappa shape index (κ2) is 8.55. The number of nitrogens with one attached hydrogen (secondary N) is 1. The van der Waals surface area contributed by atoms with Gasteiger partial charge in [0.2, 0.25) is 0 Å². The van der Waals surface area contributed by atoms with E-state index >= 15 is 0 Å². The molecule has 0 unspecified atom stereocenters. The first-order chi connectivity index (χ1) is 13.5. The maximum absolute atomic E-state index is 12.4. The standard InChI is InChI=1S/C19H23N5O4/c1-2-3-9-28-18-22-16(20)15-17(23-18)24(19(27)21-15)11-13-6-4-5-12(10-13)7-8-14(25)26/h4-6,10H,2-3,7-9,11H2,1H3,(H,21,27)(H,25,26)(H2,20,22,23). The van der Waals surface area contributed by atoms with E-state index in [1.54, 1.807) is 0 Å². The van der Waals surface area contributed by atoms with Gasteiger partial charge < -0.3 is 20.6 Å². The monoisotopic (exact) mass is 385 g/mol. The maximum Gasteiger partial charge on any atom is 0.328 e. The predicted molar refractivity (Wildman–Crippen MR) is 104 cm³/mol. The summed E-state index contributed by atoms with van der Waals surface area (Å²) in [6, 6.07) is 7.61. The van der Waals surface area contributed by atoms with E-state index in [1.165, 1.54) is 4.57 Å². The molecule has 9 nitrogen and oxygen atoms in total. The summed E-state index contributed by atoms with van der Waals surface area (Å²) < 4.78 is 7.00. The highest BCUT2D eigenvalue weighted by molar-refractivity contribution is 5.81. The number of nitrogens with two attached hydrogens (primary N) is 1. The Morgan fingerprint density at radius 1 is 1.32 bits per heavy atom. The number of nitrogens with zero attached hydrogens (tertiary/aromatic N) is 3. The zero-order chi connectivity index (χ0) is 20.1. The average molecular weight is 385 g/mol. The van der Waals surface area contributed by atoms with Crippen LogP contribution in [0.5, 0.6) is 6.01 Å². The number of fused-ring (bicyclic) bond motifs is 1. The van der Waals surface area contributed by atoms with Crippen molar-refractivity contribution in [1.82, 2.24) is 19.5 Å². The lowest BCUT2D eigenvalue weighted by molar-refractivity contribution is -0.136. The molecule has 3 rings (SSSR count). The van der Waals surface area contributed by atoms with E-state index in [-0.39, 0.29) is 30.5 Å². The molecule has 0 radical (unpaired) electrons. The van der Waals surface area contributed by atoms with Crippen LogP contribution in [-0.2, 0) is 17.8 Å². The van der Waals surface area contributed by atoms with Crippen LogP contribution in [0.1, 0.15) is 37.3 Å².